The number of hydrogen-bond donors (Lipinski definition) is 3. The Morgan fingerprint density at radius 1 is 1.29 bits per heavy atom. The molecule has 0 spiro atoms. The molecule has 0 saturated heterocycles. The summed E-state index contributed by atoms with van der Waals surface area (Å²) in [6.45, 7) is 8.96. The van der Waals surface area contributed by atoms with Crippen LogP contribution in [0, 0.1) is 0 Å². The summed E-state index contributed by atoms with van der Waals surface area (Å²) in [5, 5.41) is 9.66. The van der Waals surface area contributed by atoms with E-state index in [4.69, 9.17) is 16.3 Å². The Balaban J connectivity index is 2.57. The van der Waals surface area contributed by atoms with Crippen LogP contribution in [0.15, 0.2) is 23.2 Å². The monoisotopic (exact) mass is 354 g/mol. The van der Waals surface area contributed by atoms with Crippen molar-refractivity contribution in [2.45, 2.75) is 39.8 Å². The van der Waals surface area contributed by atoms with Crippen LogP contribution in [0.25, 0.3) is 0 Å². The maximum absolute atomic E-state index is 11.8. The van der Waals surface area contributed by atoms with Gasteiger partial charge in [0.2, 0.25) is 5.91 Å². The number of amides is 1. The van der Waals surface area contributed by atoms with Crippen molar-refractivity contribution in [2.75, 3.05) is 20.2 Å². The Labute approximate surface area is 149 Å². The van der Waals surface area contributed by atoms with Crippen molar-refractivity contribution >= 4 is 23.5 Å². The fraction of sp³-hybridized carbons (Fsp3) is 0.529. The van der Waals surface area contributed by atoms with Gasteiger partial charge in [-0.25, -0.2) is 0 Å². The standard InChI is InChI=1S/C17H27ClN4O2/c1-6-24-14-9-13(18)8-7-12(14)10-20-16(19-5)21-11-15(23)22-17(2,3)4/h7-9H,6,10-11H2,1-5H3,(H,22,23)(H2,19,20,21). The van der Waals surface area contributed by atoms with Gasteiger partial charge in [-0.05, 0) is 39.8 Å². The second-order valence-corrected chi connectivity index (χ2v) is 6.70. The smallest absolute Gasteiger partial charge is 0.239 e. The Bertz CT molecular complexity index is 582. The predicted octanol–water partition coefficient (Wildman–Crippen LogP) is 2.32. The van der Waals surface area contributed by atoms with E-state index >= 15 is 0 Å². The summed E-state index contributed by atoms with van der Waals surface area (Å²) < 4.78 is 5.59. The number of nitrogens with one attached hydrogen (secondary N) is 3. The summed E-state index contributed by atoms with van der Waals surface area (Å²) in [5.74, 6) is 1.18. The molecule has 0 heterocycles. The maximum Gasteiger partial charge on any atom is 0.239 e. The molecule has 7 heteroatoms. The predicted molar refractivity (Wildman–Crippen MR) is 98.7 cm³/mol. The van der Waals surface area contributed by atoms with Crippen molar-refractivity contribution in [3.8, 4) is 5.75 Å². The number of aliphatic imine (C=N–C) groups is 1. The molecule has 0 fully saturated rings. The molecule has 0 aromatic heterocycles. The quantitative estimate of drug-likeness (QED) is 0.541. The van der Waals surface area contributed by atoms with Gasteiger partial charge in [-0.3, -0.25) is 9.79 Å². The molecule has 0 aliphatic carbocycles. The number of benzene rings is 1. The number of ether oxygens (including phenoxy) is 1. The SMILES string of the molecule is CCOc1cc(Cl)ccc1CNC(=NC)NCC(=O)NC(C)(C)C. The Morgan fingerprint density at radius 2 is 2.00 bits per heavy atom. The highest BCUT2D eigenvalue weighted by Gasteiger charge is 2.13. The lowest BCUT2D eigenvalue weighted by molar-refractivity contribution is -0.121. The lowest BCUT2D eigenvalue weighted by Crippen LogP contribution is -2.48. The van der Waals surface area contributed by atoms with Crippen molar-refractivity contribution in [3.63, 3.8) is 0 Å². The van der Waals surface area contributed by atoms with Crippen LogP contribution in [-0.2, 0) is 11.3 Å². The number of hydrogen-bond acceptors (Lipinski definition) is 3. The van der Waals surface area contributed by atoms with Crippen molar-refractivity contribution < 1.29 is 9.53 Å². The minimum absolute atomic E-state index is 0.0908. The number of nitrogens with zero attached hydrogens (tertiary/aromatic N) is 1. The van der Waals surface area contributed by atoms with Crippen LogP contribution in [-0.4, -0.2) is 37.6 Å². The van der Waals surface area contributed by atoms with Crippen LogP contribution in [0.5, 0.6) is 5.75 Å². The van der Waals surface area contributed by atoms with Crippen LogP contribution >= 0.6 is 11.6 Å². The second kappa shape index (κ2) is 9.37. The Morgan fingerprint density at radius 3 is 2.58 bits per heavy atom. The third kappa shape index (κ3) is 7.55. The average Bonchev–Trinajstić information content (AvgIpc) is 2.47. The zero-order valence-corrected chi connectivity index (χ0v) is 15.8. The minimum Gasteiger partial charge on any atom is -0.493 e. The highest BCUT2D eigenvalue weighted by atomic mass is 35.5. The Kier molecular flexibility index (Phi) is 7.85. The summed E-state index contributed by atoms with van der Waals surface area (Å²) in [6.07, 6.45) is 0. The van der Waals surface area contributed by atoms with Gasteiger partial charge in [0.05, 0.1) is 13.2 Å². The molecule has 1 rings (SSSR count). The zero-order chi connectivity index (χ0) is 18.2. The first-order chi connectivity index (χ1) is 11.2. The number of halogens is 1. The molecule has 24 heavy (non-hydrogen) atoms. The molecule has 0 unspecified atom stereocenters. The second-order valence-electron chi connectivity index (χ2n) is 6.26. The van der Waals surface area contributed by atoms with E-state index in [0.717, 1.165) is 11.3 Å². The van der Waals surface area contributed by atoms with Crippen LogP contribution in [0.2, 0.25) is 5.02 Å². The topological polar surface area (TPSA) is 74.8 Å². The zero-order valence-electron chi connectivity index (χ0n) is 15.0. The van der Waals surface area contributed by atoms with Gasteiger partial charge in [0, 0.05) is 29.7 Å². The molecule has 1 aromatic rings. The minimum atomic E-state index is -0.259. The van der Waals surface area contributed by atoms with Gasteiger partial charge in [-0.15, -0.1) is 0 Å². The van der Waals surface area contributed by atoms with Gasteiger partial charge >= 0.3 is 0 Å². The Hall–Kier alpha value is -1.95. The number of carbonyl (C=O) groups excluding carboxylic acids is 1. The molecule has 0 bridgehead atoms. The summed E-state index contributed by atoms with van der Waals surface area (Å²) in [4.78, 5) is 16.0. The van der Waals surface area contributed by atoms with E-state index in [1.54, 1.807) is 13.1 Å². The fourth-order valence-electron chi connectivity index (χ4n) is 1.99. The normalized spacial score (nSPS) is 11.8. The molecular formula is C17H27ClN4O2. The molecule has 3 N–H and O–H groups in total. The molecule has 0 atom stereocenters. The highest BCUT2D eigenvalue weighted by molar-refractivity contribution is 6.30. The van der Waals surface area contributed by atoms with E-state index in [-0.39, 0.29) is 18.0 Å². The third-order valence-corrected chi connectivity index (χ3v) is 3.16. The molecule has 0 aliphatic rings. The van der Waals surface area contributed by atoms with E-state index in [1.165, 1.54) is 0 Å². The van der Waals surface area contributed by atoms with Crippen molar-refractivity contribution in [3.05, 3.63) is 28.8 Å². The average molecular weight is 355 g/mol. The van der Waals surface area contributed by atoms with Crippen molar-refractivity contribution in [2.24, 2.45) is 4.99 Å². The summed E-state index contributed by atoms with van der Waals surface area (Å²) in [5.41, 5.74) is 0.703. The van der Waals surface area contributed by atoms with Gasteiger partial charge in [-0.2, -0.15) is 0 Å². The van der Waals surface area contributed by atoms with Crippen LogP contribution in [0.1, 0.15) is 33.3 Å². The molecule has 0 saturated carbocycles. The number of carbonyl (C=O) groups is 1. The molecule has 0 aliphatic heterocycles. The molecule has 1 amide bonds. The molecule has 0 radical (unpaired) electrons. The third-order valence-electron chi connectivity index (χ3n) is 2.93. The first kappa shape index (κ1) is 20.1. The van der Waals surface area contributed by atoms with E-state index in [9.17, 15) is 4.79 Å². The summed E-state index contributed by atoms with van der Waals surface area (Å²) in [6, 6.07) is 5.50. The summed E-state index contributed by atoms with van der Waals surface area (Å²) >= 11 is 6.00. The van der Waals surface area contributed by atoms with E-state index in [2.05, 4.69) is 20.9 Å². The first-order valence-corrected chi connectivity index (χ1v) is 8.29. The van der Waals surface area contributed by atoms with Gasteiger partial charge in [0.1, 0.15) is 5.75 Å². The van der Waals surface area contributed by atoms with Gasteiger partial charge in [-0.1, -0.05) is 17.7 Å². The maximum atomic E-state index is 11.8. The summed E-state index contributed by atoms with van der Waals surface area (Å²) in [7, 11) is 1.66. The number of rotatable bonds is 6. The van der Waals surface area contributed by atoms with Crippen LogP contribution in [0.3, 0.4) is 0 Å². The first-order valence-electron chi connectivity index (χ1n) is 7.92. The lowest BCUT2D eigenvalue weighted by atomic mass is 10.1. The van der Waals surface area contributed by atoms with Gasteiger partial charge < -0.3 is 20.7 Å². The lowest BCUT2D eigenvalue weighted by Gasteiger charge is -2.21. The van der Waals surface area contributed by atoms with Gasteiger partial charge in [0.25, 0.3) is 0 Å². The molecule has 134 valence electrons. The van der Waals surface area contributed by atoms with E-state index in [1.807, 2.05) is 39.8 Å². The van der Waals surface area contributed by atoms with E-state index in [0.29, 0.717) is 24.1 Å². The molecular weight excluding hydrogens is 328 g/mol. The number of guanidine groups is 1. The highest BCUT2D eigenvalue weighted by Crippen LogP contribution is 2.23. The van der Waals surface area contributed by atoms with Crippen molar-refractivity contribution in [1.29, 1.82) is 0 Å². The fourth-order valence-corrected chi connectivity index (χ4v) is 2.15. The van der Waals surface area contributed by atoms with Crippen LogP contribution < -0.4 is 20.7 Å². The van der Waals surface area contributed by atoms with Gasteiger partial charge in [0.15, 0.2) is 5.96 Å². The van der Waals surface area contributed by atoms with Crippen LogP contribution in [0.4, 0.5) is 0 Å². The van der Waals surface area contributed by atoms with Crippen molar-refractivity contribution in [1.82, 2.24) is 16.0 Å². The largest absolute Gasteiger partial charge is 0.493 e. The van der Waals surface area contributed by atoms with E-state index < -0.39 is 0 Å². The molecule has 6 nitrogen and oxygen atoms in total. The molecule has 1 aromatic carbocycles.